The van der Waals surface area contributed by atoms with Crippen LogP contribution in [0.2, 0.25) is 0 Å². The van der Waals surface area contributed by atoms with Crippen LogP contribution in [0.1, 0.15) is 6.92 Å². The maximum Gasteiger partial charge on any atom is 0.328 e. The van der Waals surface area contributed by atoms with Crippen LogP contribution in [0.25, 0.3) is 0 Å². The molecule has 0 aliphatic rings. The van der Waals surface area contributed by atoms with Crippen molar-refractivity contribution in [3.63, 3.8) is 0 Å². The molecular weight excluding hydrogens is 286 g/mol. The van der Waals surface area contributed by atoms with Crippen molar-refractivity contribution in [3.8, 4) is 5.75 Å². The van der Waals surface area contributed by atoms with E-state index in [1.165, 1.54) is 6.08 Å². The topological polar surface area (TPSA) is 58.6 Å². The van der Waals surface area contributed by atoms with Crippen molar-refractivity contribution in [2.24, 2.45) is 0 Å². The Bertz CT molecular complexity index is 443. The van der Waals surface area contributed by atoms with Gasteiger partial charge < -0.3 is 15.2 Å². The molecule has 0 spiro atoms. The Hall–Kier alpha value is -1.49. The maximum atomic E-state index is 10.5. The number of nitrogens with one attached hydrogen (secondary N) is 1. The molecule has 0 aliphatic heterocycles. The van der Waals surface area contributed by atoms with Crippen LogP contribution in [0.4, 0.5) is 5.69 Å². The first-order chi connectivity index (χ1) is 8.02. The molecule has 0 amide bonds. The molecule has 2 N–H and O–H groups in total. The van der Waals surface area contributed by atoms with Gasteiger partial charge in [-0.1, -0.05) is 15.9 Å². The number of hydrogen-bond acceptors (Lipinski definition) is 3. The van der Waals surface area contributed by atoms with Gasteiger partial charge in [-0.2, -0.15) is 0 Å². The third kappa shape index (κ3) is 4.48. The molecule has 0 heterocycles. The van der Waals surface area contributed by atoms with E-state index in [2.05, 4.69) is 21.2 Å². The van der Waals surface area contributed by atoms with Crippen molar-refractivity contribution >= 4 is 27.6 Å². The quantitative estimate of drug-likeness (QED) is 0.821. The van der Waals surface area contributed by atoms with E-state index < -0.39 is 5.97 Å². The largest absolute Gasteiger partial charge is 0.495 e. The van der Waals surface area contributed by atoms with Gasteiger partial charge >= 0.3 is 5.97 Å². The molecule has 1 rings (SSSR count). The number of carboxylic acid groups (broad SMARTS) is 1. The summed E-state index contributed by atoms with van der Waals surface area (Å²) in [6.45, 7) is 2.21. The summed E-state index contributed by atoms with van der Waals surface area (Å²) in [7, 11) is 1.59. The van der Waals surface area contributed by atoms with Gasteiger partial charge in [-0.05, 0) is 30.7 Å². The SMILES string of the molecule is COc1ccc(Br)cc1NC/C(C)=C/C(=O)O. The first-order valence-electron chi connectivity index (χ1n) is 5.00. The molecule has 0 atom stereocenters. The summed E-state index contributed by atoms with van der Waals surface area (Å²) in [6, 6.07) is 5.60. The lowest BCUT2D eigenvalue weighted by Gasteiger charge is -2.11. The van der Waals surface area contributed by atoms with Crippen LogP contribution in [0.3, 0.4) is 0 Å². The first-order valence-corrected chi connectivity index (χ1v) is 5.79. The molecule has 0 saturated heterocycles. The highest BCUT2D eigenvalue weighted by Gasteiger charge is 2.03. The standard InChI is InChI=1S/C12H14BrNO3/c1-8(5-12(15)16)7-14-10-6-9(13)3-4-11(10)17-2/h3-6,14H,7H2,1-2H3,(H,15,16)/b8-5+. The van der Waals surface area contributed by atoms with Gasteiger partial charge in [0.15, 0.2) is 0 Å². The molecular formula is C12H14BrNO3. The monoisotopic (exact) mass is 299 g/mol. The fourth-order valence-corrected chi connectivity index (χ4v) is 1.68. The summed E-state index contributed by atoms with van der Waals surface area (Å²) in [5.74, 6) is -0.221. The second kappa shape index (κ2) is 6.30. The predicted molar refractivity (Wildman–Crippen MR) is 70.6 cm³/mol. The van der Waals surface area contributed by atoms with Crippen LogP contribution in [0, 0.1) is 0 Å². The number of hydrogen-bond donors (Lipinski definition) is 2. The summed E-state index contributed by atoms with van der Waals surface area (Å²) < 4.78 is 6.13. The third-order valence-corrected chi connectivity index (χ3v) is 2.58. The Kier molecular flexibility index (Phi) is 5.03. The molecule has 0 bridgehead atoms. The predicted octanol–water partition coefficient (Wildman–Crippen LogP) is 2.90. The highest BCUT2D eigenvalue weighted by Crippen LogP contribution is 2.27. The molecule has 0 fully saturated rings. The van der Waals surface area contributed by atoms with Crippen LogP contribution in [-0.4, -0.2) is 24.7 Å². The average Bonchev–Trinajstić information content (AvgIpc) is 2.25. The molecule has 5 heteroatoms. The van der Waals surface area contributed by atoms with Crippen LogP contribution in [-0.2, 0) is 4.79 Å². The van der Waals surface area contributed by atoms with Crippen molar-refractivity contribution < 1.29 is 14.6 Å². The zero-order chi connectivity index (χ0) is 12.8. The number of carbonyl (C=O) groups is 1. The Balaban J connectivity index is 2.74. The van der Waals surface area contributed by atoms with Crippen molar-refractivity contribution in [3.05, 3.63) is 34.3 Å². The van der Waals surface area contributed by atoms with E-state index >= 15 is 0 Å². The summed E-state index contributed by atoms with van der Waals surface area (Å²) in [5.41, 5.74) is 1.56. The van der Waals surface area contributed by atoms with Gasteiger partial charge in [0.05, 0.1) is 12.8 Å². The third-order valence-electron chi connectivity index (χ3n) is 2.09. The van der Waals surface area contributed by atoms with Crippen molar-refractivity contribution in [1.82, 2.24) is 0 Å². The first kappa shape index (κ1) is 13.6. The number of anilines is 1. The number of aliphatic carboxylic acids is 1. The molecule has 17 heavy (non-hydrogen) atoms. The lowest BCUT2D eigenvalue weighted by atomic mass is 10.2. The van der Waals surface area contributed by atoms with E-state index in [1.807, 2.05) is 18.2 Å². The van der Waals surface area contributed by atoms with E-state index in [1.54, 1.807) is 14.0 Å². The highest BCUT2D eigenvalue weighted by atomic mass is 79.9. The van der Waals surface area contributed by atoms with Gasteiger partial charge in [0, 0.05) is 17.1 Å². The lowest BCUT2D eigenvalue weighted by Crippen LogP contribution is -2.05. The van der Waals surface area contributed by atoms with Gasteiger partial charge in [0.1, 0.15) is 5.75 Å². The number of methoxy groups -OCH3 is 1. The molecule has 0 aliphatic carbocycles. The van der Waals surface area contributed by atoms with Gasteiger partial charge in [0.25, 0.3) is 0 Å². The zero-order valence-corrected chi connectivity index (χ0v) is 11.2. The molecule has 0 aromatic heterocycles. The van der Waals surface area contributed by atoms with Crippen molar-refractivity contribution in [1.29, 1.82) is 0 Å². The highest BCUT2D eigenvalue weighted by molar-refractivity contribution is 9.10. The van der Waals surface area contributed by atoms with E-state index in [0.29, 0.717) is 6.54 Å². The van der Waals surface area contributed by atoms with Crippen LogP contribution >= 0.6 is 15.9 Å². The molecule has 92 valence electrons. The summed E-state index contributed by atoms with van der Waals surface area (Å²) in [4.78, 5) is 10.5. The van der Waals surface area contributed by atoms with Crippen LogP contribution < -0.4 is 10.1 Å². The van der Waals surface area contributed by atoms with Gasteiger partial charge in [-0.15, -0.1) is 0 Å². The summed E-state index contributed by atoms with van der Waals surface area (Å²) >= 11 is 3.37. The summed E-state index contributed by atoms with van der Waals surface area (Å²) in [6.07, 6.45) is 1.18. The minimum absolute atomic E-state index is 0.457. The van der Waals surface area contributed by atoms with Gasteiger partial charge in [-0.25, -0.2) is 4.79 Å². The number of carboxylic acids is 1. The van der Waals surface area contributed by atoms with E-state index in [4.69, 9.17) is 9.84 Å². The zero-order valence-electron chi connectivity index (χ0n) is 9.66. The Morgan fingerprint density at radius 1 is 1.59 bits per heavy atom. The van der Waals surface area contributed by atoms with E-state index in [0.717, 1.165) is 21.5 Å². The molecule has 0 unspecified atom stereocenters. The van der Waals surface area contributed by atoms with Crippen molar-refractivity contribution in [2.45, 2.75) is 6.92 Å². The number of benzene rings is 1. The van der Waals surface area contributed by atoms with Crippen LogP contribution in [0.5, 0.6) is 5.75 Å². The summed E-state index contributed by atoms with van der Waals surface area (Å²) in [5, 5.41) is 11.7. The van der Waals surface area contributed by atoms with Crippen molar-refractivity contribution in [2.75, 3.05) is 19.0 Å². The smallest absolute Gasteiger partial charge is 0.328 e. The number of ether oxygens (including phenoxy) is 1. The van der Waals surface area contributed by atoms with Gasteiger partial charge in [0.2, 0.25) is 0 Å². The van der Waals surface area contributed by atoms with Crippen LogP contribution in [0.15, 0.2) is 34.3 Å². The molecule has 0 saturated carbocycles. The Morgan fingerprint density at radius 3 is 2.88 bits per heavy atom. The fourth-order valence-electron chi connectivity index (χ4n) is 1.31. The number of rotatable bonds is 5. The Labute approximate surface area is 108 Å². The fraction of sp³-hybridized carbons (Fsp3) is 0.250. The van der Waals surface area contributed by atoms with Gasteiger partial charge in [-0.3, -0.25) is 0 Å². The number of halogens is 1. The lowest BCUT2D eigenvalue weighted by molar-refractivity contribution is -0.131. The Morgan fingerprint density at radius 2 is 2.29 bits per heavy atom. The van der Waals surface area contributed by atoms with E-state index in [-0.39, 0.29) is 0 Å². The minimum Gasteiger partial charge on any atom is -0.495 e. The van der Waals surface area contributed by atoms with E-state index in [9.17, 15) is 4.79 Å². The average molecular weight is 300 g/mol. The normalized spacial score (nSPS) is 11.1. The minimum atomic E-state index is -0.939. The second-order valence-corrected chi connectivity index (χ2v) is 4.44. The second-order valence-electron chi connectivity index (χ2n) is 3.53. The molecule has 1 aromatic rings. The molecule has 0 radical (unpaired) electrons. The molecule has 4 nitrogen and oxygen atoms in total. The maximum absolute atomic E-state index is 10.5. The molecule has 1 aromatic carbocycles.